The fraction of sp³-hybridized carbons (Fsp3) is 0.600. The maximum absolute atomic E-state index is 5.33. The van der Waals surface area contributed by atoms with Crippen molar-refractivity contribution in [2.45, 2.75) is 39.3 Å². The summed E-state index contributed by atoms with van der Waals surface area (Å²) < 4.78 is 5.33. The summed E-state index contributed by atoms with van der Waals surface area (Å²) in [6, 6.07) is 4.61. The molecular formula is C15H24N2O. The van der Waals surface area contributed by atoms with Crippen LogP contribution in [0.2, 0.25) is 0 Å². The van der Waals surface area contributed by atoms with Gasteiger partial charge in [-0.1, -0.05) is 11.6 Å². The van der Waals surface area contributed by atoms with E-state index < -0.39 is 0 Å². The summed E-state index contributed by atoms with van der Waals surface area (Å²) in [5.41, 5.74) is 1.41. The van der Waals surface area contributed by atoms with E-state index in [2.05, 4.69) is 30.1 Å². The smallest absolute Gasteiger partial charge is 0.117 e. The van der Waals surface area contributed by atoms with Crippen molar-refractivity contribution in [1.29, 1.82) is 0 Å². The summed E-state index contributed by atoms with van der Waals surface area (Å²) in [6.07, 6.45) is 6.52. The Hall–Kier alpha value is -1.06. The van der Waals surface area contributed by atoms with Crippen molar-refractivity contribution in [3.8, 4) is 0 Å². The molecule has 0 saturated carbocycles. The third-order valence-electron chi connectivity index (χ3n) is 3.49. The van der Waals surface area contributed by atoms with E-state index in [9.17, 15) is 0 Å². The molecule has 1 aliphatic heterocycles. The highest BCUT2D eigenvalue weighted by molar-refractivity contribution is 4.98. The van der Waals surface area contributed by atoms with Gasteiger partial charge in [0.1, 0.15) is 5.76 Å². The van der Waals surface area contributed by atoms with Crippen LogP contribution in [0.15, 0.2) is 34.5 Å². The van der Waals surface area contributed by atoms with E-state index in [-0.39, 0.29) is 0 Å². The molecule has 1 aromatic heterocycles. The molecule has 0 unspecified atom stereocenters. The zero-order valence-electron chi connectivity index (χ0n) is 11.5. The monoisotopic (exact) mass is 248 g/mol. The molecule has 100 valence electrons. The van der Waals surface area contributed by atoms with Crippen molar-refractivity contribution in [3.05, 3.63) is 35.8 Å². The minimum Gasteiger partial charge on any atom is -0.468 e. The number of rotatable bonds is 5. The molecule has 1 N–H and O–H groups in total. The van der Waals surface area contributed by atoms with E-state index in [1.807, 2.05) is 12.1 Å². The molecule has 0 aliphatic carbocycles. The van der Waals surface area contributed by atoms with Crippen LogP contribution in [0.1, 0.15) is 32.4 Å². The van der Waals surface area contributed by atoms with Crippen molar-refractivity contribution < 1.29 is 4.42 Å². The van der Waals surface area contributed by atoms with Crippen LogP contribution in [0, 0.1) is 0 Å². The normalized spacial score (nSPS) is 17.9. The van der Waals surface area contributed by atoms with Gasteiger partial charge >= 0.3 is 0 Å². The number of hydrogen-bond donors (Lipinski definition) is 1. The molecule has 3 nitrogen and oxygen atoms in total. The molecule has 1 fully saturated rings. The molecule has 0 amide bonds. The number of likely N-dealkylation sites (tertiary alicyclic amines) is 1. The lowest BCUT2D eigenvalue weighted by Gasteiger charge is -2.31. The van der Waals surface area contributed by atoms with Gasteiger partial charge in [0, 0.05) is 12.6 Å². The van der Waals surface area contributed by atoms with Crippen molar-refractivity contribution in [2.75, 3.05) is 19.6 Å². The van der Waals surface area contributed by atoms with Gasteiger partial charge in [-0.25, -0.2) is 0 Å². The molecule has 2 rings (SSSR count). The molecule has 18 heavy (non-hydrogen) atoms. The molecule has 3 heteroatoms. The van der Waals surface area contributed by atoms with Gasteiger partial charge in [-0.15, -0.1) is 0 Å². The van der Waals surface area contributed by atoms with Gasteiger partial charge in [0.2, 0.25) is 0 Å². The lowest BCUT2D eigenvalue weighted by atomic mass is 10.0. The van der Waals surface area contributed by atoms with Gasteiger partial charge in [0.05, 0.1) is 12.8 Å². The van der Waals surface area contributed by atoms with E-state index in [0.29, 0.717) is 6.04 Å². The van der Waals surface area contributed by atoms with Gasteiger partial charge in [0.15, 0.2) is 0 Å². The first-order chi connectivity index (χ1) is 8.74. The third kappa shape index (κ3) is 4.31. The zero-order valence-corrected chi connectivity index (χ0v) is 11.5. The lowest BCUT2D eigenvalue weighted by Crippen LogP contribution is -2.42. The Bertz CT molecular complexity index is 358. The number of allylic oxidation sites excluding steroid dienone is 1. The number of nitrogens with one attached hydrogen (secondary N) is 1. The standard InChI is InChI=1S/C15H24N2O/c1-13(2)5-8-17-9-6-14(7-10-17)16-12-15-4-3-11-18-15/h3-5,11,14,16H,6-10,12H2,1-2H3. The van der Waals surface area contributed by atoms with E-state index in [4.69, 9.17) is 4.42 Å². The summed E-state index contributed by atoms with van der Waals surface area (Å²) in [4.78, 5) is 2.53. The fourth-order valence-electron chi connectivity index (χ4n) is 2.29. The summed E-state index contributed by atoms with van der Waals surface area (Å²) in [5, 5.41) is 3.57. The quantitative estimate of drug-likeness (QED) is 0.812. The zero-order chi connectivity index (χ0) is 12.8. The van der Waals surface area contributed by atoms with Crippen LogP contribution in [0.25, 0.3) is 0 Å². The van der Waals surface area contributed by atoms with E-state index >= 15 is 0 Å². The minimum absolute atomic E-state index is 0.637. The molecule has 0 atom stereocenters. The van der Waals surface area contributed by atoms with Crippen LogP contribution in [0.5, 0.6) is 0 Å². The molecule has 1 aliphatic rings. The van der Waals surface area contributed by atoms with Gasteiger partial charge in [-0.2, -0.15) is 0 Å². The highest BCUT2D eigenvalue weighted by Gasteiger charge is 2.17. The molecule has 1 saturated heterocycles. The maximum Gasteiger partial charge on any atom is 0.117 e. The average molecular weight is 248 g/mol. The fourth-order valence-corrected chi connectivity index (χ4v) is 2.29. The molecule has 0 bridgehead atoms. The first-order valence-electron chi connectivity index (χ1n) is 6.85. The lowest BCUT2D eigenvalue weighted by molar-refractivity contribution is 0.212. The SMILES string of the molecule is CC(C)=CCN1CCC(NCc2ccco2)CC1. The van der Waals surface area contributed by atoms with Gasteiger partial charge in [0.25, 0.3) is 0 Å². The van der Waals surface area contributed by atoms with Gasteiger partial charge < -0.3 is 9.73 Å². The number of furan rings is 1. The topological polar surface area (TPSA) is 28.4 Å². The summed E-state index contributed by atoms with van der Waals surface area (Å²) in [5.74, 6) is 1.03. The highest BCUT2D eigenvalue weighted by atomic mass is 16.3. The Kier molecular flexibility index (Phi) is 5.02. The number of piperidine rings is 1. The van der Waals surface area contributed by atoms with Crippen LogP contribution in [0.4, 0.5) is 0 Å². The second-order valence-electron chi connectivity index (χ2n) is 5.32. The Morgan fingerprint density at radius 3 is 2.83 bits per heavy atom. The number of nitrogens with zero attached hydrogens (tertiary/aromatic N) is 1. The molecular weight excluding hydrogens is 224 g/mol. The van der Waals surface area contributed by atoms with Crippen LogP contribution in [-0.4, -0.2) is 30.6 Å². The molecule has 0 spiro atoms. The Balaban J connectivity index is 1.65. The molecule has 1 aromatic rings. The van der Waals surface area contributed by atoms with Crippen LogP contribution >= 0.6 is 0 Å². The molecule has 0 aromatic carbocycles. The minimum atomic E-state index is 0.637. The molecule has 2 heterocycles. The Morgan fingerprint density at radius 1 is 1.44 bits per heavy atom. The second-order valence-corrected chi connectivity index (χ2v) is 5.32. The predicted octanol–water partition coefficient (Wildman–Crippen LogP) is 2.80. The number of hydrogen-bond acceptors (Lipinski definition) is 3. The van der Waals surface area contributed by atoms with Crippen LogP contribution < -0.4 is 5.32 Å². The third-order valence-corrected chi connectivity index (χ3v) is 3.49. The van der Waals surface area contributed by atoms with Crippen molar-refractivity contribution in [1.82, 2.24) is 10.2 Å². The summed E-state index contributed by atoms with van der Waals surface area (Å²) in [7, 11) is 0. The molecule has 0 radical (unpaired) electrons. The first kappa shape index (κ1) is 13.4. The first-order valence-corrected chi connectivity index (χ1v) is 6.85. The van der Waals surface area contributed by atoms with Gasteiger partial charge in [-0.05, 0) is 51.9 Å². The second kappa shape index (κ2) is 6.76. The van der Waals surface area contributed by atoms with Crippen molar-refractivity contribution >= 4 is 0 Å². The van der Waals surface area contributed by atoms with Gasteiger partial charge in [-0.3, -0.25) is 4.90 Å². The highest BCUT2D eigenvalue weighted by Crippen LogP contribution is 2.11. The predicted molar refractivity (Wildman–Crippen MR) is 74.4 cm³/mol. The van der Waals surface area contributed by atoms with Crippen molar-refractivity contribution in [2.24, 2.45) is 0 Å². The van der Waals surface area contributed by atoms with E-state index in [1.165, 1.54) is 31.5 Å². The van der Waals surface area contributed by atoms with E-state index in [0.717, 1.165) is 18.8 Å². The van der Waals surface area contributed by atoms with E-state index in [1.54, 1.807) is 6.26 Å². The Labute approximate surface area is 110 Å². The largest absolute Gasteiger partial charge is 0.468 e. The maximum atomic E-state index is 5.33. The summed E-state index contributed by atoms with van der Waals surface area (Å²) in [6.45, 7) is 8.67. The van der Waals surface area contributed by atoms with Crippen molar-refractivity contribution in [3.63, 3.8) is 0 Å². The average Bonchev–Trinajstić information content (AvgIpc) is 2.88. The Morgan fingerprint density at radius 2 is 2.22 bits per heavy atom. The van der Waals surface area contributed by atoms with Crippen LogP contribution in [0.3, 0.4) is 0 Å². The summed E-state index contributed by atoms with van der Waals surface area (Å²) >= 11 is 0. The van der Waals surface area contributed by atoms with Crippen LogP contribution in [-0.2, 0) is 6.54 Å².